The van der Waals surface area contributed by atoms with Gasteiger partial charge >= 0.3 is 0 Å². The van der Waals surface area contributed by atoms with E-state index in [1.165, 1.54) is 11.3 Å². The first-order valence-electron chi connectivity index (χ1n) is 3.24. The lowest BCUT2D eigenvalue weighted by molar-refractivity contribution is 0.869. The number of hydrogen-bond donors (Lipinski definition) is 0. The van der Waals surface area contributed by atoms with Gasteiger partial charge in [-0.1, -0.05) is 12.2 Å². The minimum atomic E-state index is 1.12. The van der Waals surface area contributed by atoms with Crippen LogP contribution >= 0.6 is 0 Å². The van der Waals surface area contributed by atoms with Crippen molar-refractivity contribution in [2.45, 2.75) is 12.8 Å². The third kappa shape index (κ3) is 0.689. The summed E-state index contributed by atoms with van der Waals surface area (Å²) in [5.41, 5.74) is 2.57. The van der Waals surface area contributed by atoms with Crippen molar-refractivity contribution in [3.8, 4) is 0 Å². The molecule has 0 unspecified atom stereocenters. The molecule has 0 saturated carbocycles. The summed E-state index contributed by atoms with van der Waals surface area (Å²) in [6.07, 6.45) is 10.6. The highest BCUT2D eigenvalue weighted by Gasteiger charge is 2.09. The van der Waals surface area contributed by atoms with Crippen molar-refractivity contribution in [2.75, 3.05) is 0 Å². The maximum Gasteiger partial charge on any atom is 0.0479 e. The van der Waals surface area contributed by atoms with Gasteiger partial charge in [0.2, 0.25) is 0 Å². The Morgan fingerprint density at radius 2 is 2.33 bits per heavy atom. The fourth-order valence-corrected chi connectivity index (χ4v) is 1.17. The number of nitrogens with zero attached hydrogens (tertiary/aromatic N) is 1. The summed E-state index contributed by atoms with van der Waals surface area (Å²) < 4.78 is 0. The summed E-state index contributed by atoms with van der Waals surface area (Å²) in [6.45, 7) is 0. The summed E-state index contributed by atoms with van der Waals surface area (Å²) in [5, 5.41) is 4.21. The number of allylic oxidation sites excluding steroid dienone is 5. The third-order valence-corrected chi connectivity index (χ3v) is 1.66. The zero-order valence-corrected chi connectivity index (χ0v) is 5.17. The molecule has 0 N–H and O–H groups in total. The van der Waals surface area contributed by atoms with E-state index in [9.17, 15) is 0 Å². The minimum absolute atomic E-state index is 1.12. The molecule has 0 amide bonds. The molecule has 45 valence electrons. The largest absolute Gasteiger partial charge is 0.261 e. The summed E-state index contributed by atoms with van der Waals surface area (Å²) >= 11 is 0. The van der Waals surface area contributed by atoms with Crippen LogP contribution in [0.2, 0.25) is 0 Å². The van der Waals surface area contributed by atoms with Crippen LogP contribution in [-0.4, -0.2) is 0 Å². The molecule has 1 aliphatic heterocycles. The first kappa shape index (κ1) is 4.86. The van der Waals surface area contributed by atoms with Crippen molar-refractivity contribution in [3.63, 3.8) is 0 Å². The monoisotopic (exact) mass is 118 g/mol. The van der Waals surface area contributed by atoms with Crippen LogP contribution in [0.25, 0.3) is 0 Å². The fourth-order valence-electron chi connectivity index (χ4n) is 1.17. The van der Waals surface area contributed by atoms with E-state index in [1.54, 1.807) is 0 Å². The van der Waals surface area contributed by atoms with Gasteiger partial charge in [0.05, 0.1) is 0 Å². The molecule has 2 aliphatic rings. The molecule has 0 aromatic heterocycles. The van der Waals surface area contributed by atoms with Crippen LogP contribution in [-0.2, 0) is 0 Å². The molecule has 0 aromatic carbocycles. The summed E-state index contributed by atoms with van der Waals surface area (Å²) in [6, 6.07) is 0. The fraction of sp³-hybridized carbons (Fsp3) is 0.250. The second-order valence-corrected chi connectivity index (χ2v) is 2.29. The molecule has 0 atom stereocenters. The lowest BCUT2D eigenvalue weighted by Crippen LogP contribution is -1.95. The van der Waals surface area contributed by atoms with Crippen LogP contribution in [0.4, 0.5) is 0 Å². The van der Waals surface area contributed by atoms with Gasteiger partial charge in [-0.2, -0.15) is 0 Å². The third-order valence-electron chi connectivity index (χ3n) is 1.66. The number of rotatable bonds is 0. The van der Waals surface area contributed by atoms with Crippen LogP contribution in [0.1, 0.15) is 12.8 Å². The molecule has 0 saturated heterocycles. The lowest BCUT2D eigenvalue weighted by atomic mass is 10.1. The molecule has 1 nitrogen and oxygen atoms in total. The molecule has 9 heavy (non-hydrogen) atoms. The Bertz CT molecular complexity index is 209. The number of hydrogen-bond acceptors (Lipinski definition) is 0. The molecule has 0 fully saturated rings. The minimum Gasteiger partial charge on any atom is -0.261 e. The Balaban J connectivity index is 2.35. The topological polar surface area (TPSA) is 14.1 Å². The van der Waals surface area contributed by atoms with Crippen molar-refractivity contribution in [3.05, 3.63) is 35.7 Å². The van der Waals surface area contributed by atoms with Crippen LogP contribution in [0.15, 0.2) is 35.7 Å². The van der Waals surface area contributed by atoms with Crippen molar-refractivity contribution in [1.29, 1.82) is 0 Å². The van der Waals surface area contributed by atoms with Crippen molar-refractivity contribution in [1.82, 2.24) is 5.32 Å². The second kappa shape index (κ2) is 1.76. The predicted octanol–water partition coefficient (Wildman–Crippen LogP) is 1.72. The molecule has 0 aromatic rings. The molecule has 2 rings (SSSR count). The smallest absolute Gasteiger partial charge is 0.0479 e. The zero-order valence-electron chi connectivity index (χ0n) is 5.17. The van der Waals surface area contributed by atoms with E-state index in [4.69, 9.17) is 0 Å². The molecular weight excluding hydrogens is 110 g/mol. The molecule has 1 aliphatic carbocycles. The van der Waals surface area contributed by atoms with Gasteiger partial charge in [0.15, 0.2) is 0 Å². The maximum atomic E-state index is 4.21. The molecule has 1 heteroatoms. The standard InChI is InChI=1S/C8H8N/c1-2-4-8-7(3-1)5-6-9-8/h1,3,5-6H,2,4H2. The van der Waals surface area contributed by atoms with E-state index in [2.05, 4.69) is 23.5 Å². The van der Waals surface area contributed by atoms with E-state index >= 15 is 0 Å². The van der Waals surface area contributed by atoms with Gasteiger partial charge in [0.25, 0.3) is 0 Å². The normalized spacial score (nSPS) is 22.2. The van der Waals surface area contributed by atoms with E-state index in [-0.39, 0.29) is 0 Å². The van der Waals surface area contributed by atoms with Crippen LogP contribution in [0.3, 0.4) is 0 Å². The van der Waals surface area contributed by atoms with Crippen LogP contribution < -0.4 is 5.32 Å². The Morgan fingerprint density at radius 3 is 3.22 bits per heavy atom. The summed E-state index contributed by atoms with van der Waals surface area (Å²) in [5.74, 6) is 0. The Labute approximate surface area is 54.8 Å². The van der Waals surface area contributed by atoms with E-state index in [1.807, 2.05) is 6.20 Å². The highest BCUT2D eigenvalue weighted by Crippen LogP contribution is 2.21. The van der Waals surface area contributed by atoms with Crippen molar-refractivity contribution in [2.24, 2.45) is 0 Å². The first-order valence-corrected chi connectivity index (χ1v) is 3.24. The van der Waals surface area contributed by atoms with Crippen molar-refractivity contribution >= 4 is 0 Å². The predicted molar refractivity (Wildman–Crippen MR) is 36.7 cm³/mol. The summed E-state index contributed by atoms with van der Waals surface area (Å²) in [4.78, 5) is 0. The van der Waals surface area contributed by atoms with Gasteiger partial charge in [-0.15, -0.1) is 0 Å². The van der Waals surface area contributed by atoms with Gasteiger partial charge in [0, 0.05) is 11.9 Å². The highest BCUT2D eigenvalue weighted by molar-refractivity contribution is 5.41. The Kier molecular flexibility index (Phi) is 0.950. The average Bonchev–Trinajstić information content (AvgIpc) is 2.33. The lowest BCUT2D eigenvalue weighted by Gasteiger charge is -2.04. The van der Waals surface area contributed by atoms with Gasteiger partial charge in [-0.05, 0) is 24.5 Å². The molecule has 1 heterocycles. The SMILES string of the molecule is C1=CC2=C(CC1)[N]C=C2. The molecule has 1 radical (unpaired) electrons. The second-order valence-electron chi connectivity index (χ2n) is 2.29. The van der Waals surface area contributed by atoms with Crippen molar-refractivity contribution < 1.29 is 0 Å². The van der Waals surface area contributed by atoms with E-state index in [0.717, 1.165) is 12.8 Å². The van der Waals surface area contributed by atoms with Gasteiger partial charge in [-0.25, -0.2) is 0 Å². The average molecular weight is 118 g/mol. The maximum absolute atomic E-state index is 4.21. The summed E-state index contributed by atoms with van der Waals surface area (Å²) in [7, 11) is 0. The molecular formula is C8H8N. The van der Waals surface area contributed by atoms with Crippen LogP contribution in [0, 0.1) is 0 Å². The van der Waals surface area contributed by atoms with Gasteiger partial charge < -0.3 is 0 Å². The Hall–Kier alpha value is -0.980. The molecule has 0 spiro atoms. The first-order chi connectivity index (χ1) is 4.47. The molecule has 0 bridgehead atoms. The Morgan fingerprint density at radius 1 is 1.33 bits per heavy atom. The van der Waals surface area contributed by atoms with Crippen LogP contribution in [0.5, 0.6) is 0 Å². The quantitative estimate of drug-likeness (QED) is 0.460. The van der Waals surface area contributed by atoms with Gasteiger partial charge in [0.1, 0.15) is 0 Å². The van der Waals surface area contributed by atoms with E-state index < -0.39 is 0 Å². The zero-order chi connectivity index (χ0) is 6.10. The highest BCUT2D eigenvalue weighted by atomic mass is 14.9. The van der Waals surface area contributed by atoms with E-state index in [0.29, 0.717) is 0 Å². The van der Waals surface area contributed by atoms with Gasteiger partial charge in [-0.3, -0.25) is 5.32 Å².